The number of nitrogens with zero attached hydrogens (tertiary/aromatic N) is 3. The molecule has 2 N–H and O–H groups in total. The summed E-state index contributed by atoms with van der Waals surface area (Å²) in [5.74, 6) is 0.400. The molecule has 1 heterocycles. The van der Waals surface area contributed by atoms with Crippen molar-refractivity contribution >= 4 is 42.2 Å². The van der Waals surface area contributed by atoms with Gasteiger partial charge in [0.05, 0.1) is 12.6 Å². The number of nitrogens with two attached hydrogens (primary N) is 1. The van der Waals surface area contributed by atoms with Gasteiger partial charge in [0.1, 0.15) is 11.6 Å². The molecule has 8 heteroatoms. The Bertz CT molecular complexity index is 1030. The van der Waals surface area contributed by atoms with Gasteiger partial charge in [-0.3, -0.25) is 4.79 Å². The molecule has 1 amide bonds. The number of anilines is 2. The number of benzene rings is 2. The predicted octanol–water partition coefficient (Wildman–Crippen LogP) is 5.16. The van der Waals surface area contributed by atoms with Crippen LogP contribution in [0, 0.1) is 5.82 Å². The van der Waals surface area contributed by atoms with Gasteiger partial charge >= 0.3 is 0 Å². The van der Waals surface area contributed by atoms with Gasteiger partial charge in [-0.15, -0.1) is 24.8 Å². The van der Waals surface area contributed by atoms with Crippen molar-refractivity contribution in [2.24, 2.45) is 5.73 Å². The first kappa shape index (κ1) is 27.6. The average Bonchev–Trinajstić information content (AvgIpc) is 3.65. The second kappa shape index (κ2) is 12.7. The molecule has 182 valence electrons. The summed E-state index contributed by atoms with van der Waals surface area (Å²) in [7, 11) is 0. The van der Waals surface area contributed by atoms with Crippen LogP contribution >= 0.6 is 24.8 Å². The van der Waals surface area contributed by atoms with Crippen molar-refractivity contribution in [1.29, 1.82) is 0 Å². The number of halogens is 3. The molecule has 0 spiro atoms. The first-order valence-corrected chi connectivity index (χ1v) is 11.1. The molecule has 0 aliphatic heterocycles. The summed E-state index contributed by atoms with van der Waals surface area (Å²) < 4.78 is 13.5. The predicted molar refractivity (Wildman–Crippen MR) is 140 cm³/mol. The van der Waals surface area contributed by atoms with Crippen molar-refractivity contribution in [2.75, 3.05) is 16.3 Å². The van der Waals surface area contributed by atoms with Crippen LogP contribution in [-0.4, -0.2) is 29.5 Å². The minimum atomic E-state index is -0.708. The summed E-state index contributed by atoms with van der Waals surface area (Å²) in [6.07, 6.45) is 4.67. The van der Waals surface area contributed by atoms with Gasteiger partial charge < -0.3 is 15.5 Å². The molecule has 1 unspecified atom stereocenters. The number of hydrogen-bond acceptors (Lipinski definition) is 4. The van der Waals surface area contributed by atoms with Crippen LogP contribution in [0.15, 0.2) is 72.9 Å². The third kappa shape index (κ3) is 6.92. The van der Waals surface area contributed by atoms with Crippen LogP contribution < -0.4 is 15.5 Å². The lowest BCUT2D eigenvalue weighted by Crippen LogP contribution is -2.44. The molecule has 0 saturated heterocycles. The van der Waals surface area contributed by atoms with Gasteiger partial charge in [0.2, 0.25) is 5.91 Å². The van der Waals surface area contributed by atoms with Crippen LogP contribution in [0.25, 0.3) is 0 Å². The second-order valence-electron chi connectivity index (χ2n) is 8.24. The van der Waals surface area contributed by atoms with Crippen LogP contribution in [0.4, 0.5) is 15.9 Å². The zero-order valence-electron chi connectivity index (χ0n) is 19.1. The Balaban J connectivity index is 0.00000204. The molecular formula is C26H31Cl2FN4O. The number of rotatable bonds is 9. The van der Waals surface area contributed by atoms with Gasteiger partial charge in [-0.05, 0) is 67.6 Å². The molecule has 3 aromatic rings. The standard InChI is InChI=1S/C26H29FN4O.2ClH/c1-2-30(22-13-14-22)25-15-8-20(17-29-25)18-31(23-11-9-21(27)10-12-23)26(32)24(28)16-19-6-4-3-5-7-19;;/h3-12,15,17,22,24H,2,13-14,16,18,28H2,1H3;2*1H. The topological polar surface area (TPSA) is 62.5 Å². The Kier molecular flexibility index (Phi) is 10.3. The van der Waals surface area contributed by atoms with E-state index in [1.165, 1.54) is 25.0 Å². The van der Waals surface area contributed by atoms with Crippen molar-refractivity contribution in [2.45, 2.75) is 44.8 Å². The van der Waals surface area contributed by atoms with Gasteiger partial charge in [0.15, 0.2) is 0 Å². The van der Waals surface area contributed by atoms with Crippen molar-refractivity contribution in [3.63, 3.8) is 0 Å². The third-order valence-corrected chi connectivity index (χ3v) is 5.79. The zero-order valence-corrected chi connectivity index (χ0v) is 20.8. The maximum atomic E-state index is 13.5. The Morgan fingerprint density at radius 2 is 1.71 bits per heavy atom. The summed E-state index contributed by atoms with van der Waals surface area (Å²) in [5.41, 5.74) is 8.81. The van der Waals surface area contributed by atoms with Gasteiger partial charge in [0.25, 0.3) is 0 Å². The highest BCUT2D eigenvalue weighted by atomic mass is 35.5. The fourth-order valence-corrected chi connectivity index (χ4v) is 3.93. The van der Waals surface area contributed by atoms with Crippen LogP contribution in [0.5, 0.6) is 0 Å². The van der Waals surface area contributed by atoms with Crippen LogP contribution in [-0.2, 0) is 17.8 Å². The minimum Gasteiger partial charge on any atom is -0.354 e. The number of amides is 1. The molecule has 1 saturated carbocycles. The summed E-state index contributed by atoms with van der Waals surface area (Å²) in [5, 5.41) is 0. The molecular weight excluding hydrogens is 474 g/mol. The number of carbonyl (C=O) groups excluding carboxylic acids is 1. The summed E-state index contributed by atoms with van der Waals surface area (Å²) in [4.78, 5) is 21.9. The highest BCUT2D eigenvalue weighted by molar-refractivity contribution is 5.97. The number of pyridine rings is 1. The van der Waals surface area contributed by atoms with Crippen molar-refractivity contribution < 1.29 is 9.18 Å². The molecule has 5 nitrogen and oxygen atoms in total. The highest BCUT2D eigenvalue weighted by Crippen LogP contribution is 2.30. The van der Waals surface area contributed by atoms with E-state index in [9.17, 15) is 9.18 Å². The largest absolute Gasteiger partial charge is 0.354 e. The van der Waals surface area contributed by atoms with E-state index >= 15 is 0 Å². The molecule has 1 aliphatic rings. The van der Waals surface area contributed by atoms with Crippen LogP contribution in [0.3, 0.4) is 0 Å². The zero-order chi connectivity index (χ0) is 22.5. The van der Waals surface area contributed by atoms with Gasteiger partial charge in [-0.1, -0.05) is 36.4 Å². The van der Waals surface area contributed by atoms with E-state index in [4.69, 9.17) is 5.73 Å². The molecule has 0 radical (unpaired) electrons. The Morgan fingerprint density at radius 1 is 1.03 bits per heavy atom. The van der Waals surface area contributed by atoms with Gasteiger partial charge in [-0.25, -0.2) is 9.37 Å². The maximum Gasteiger partial charge on any atom is 0.244 e. The molecule has 0 bridgehead atoms. The van der Waals surface area contributed by atoms with Crippen molar-refractivity contribution in [3.05, 3.63) is 89.9 Å². The van der Waals surface area contributed by atoms with E-state index in [1.54, 1.807) is 17.0 Å². The molecule has 34 heavy (non-hydrogen) atoms. The van der Waals surface area contributed by atoms with Gasteiger partial charge in [0, 0.05) is 24.5 Å². The Hall–Kier alpha value is -2.67. The normalized spacial score (nSPS) is 13.3. The molecule has 1 aliphatic carbocycles. The van der Waals surface area contributed by atoms with Crippen molar-refractivity contribution in [1.82, 2.24) is 4.98 Å². The quantitative estimate of drug-likeness (QED) is 0.437. The monoisotopic (exact) mass is 504 g/mol. The molecule has 4 rings (SSSR count). The van der Waals surface area contributed by atoms with Crippen LogP contribution in [0.1, 0.15) is 30.9 Å². The first-order valence-electron chi connectivity index (χ1n) is 11.1. The SMILES string of the molecule is CCN(c1ccc(CN(C(=O)C(N)Cc2ccccc2)c2ccc(F)cc2)cn1)C1CC1.Cl.Cl. The van der Waals surface area contributed by atoms with E-state index in [0.717, 1.165) is 23.5 Å². The van der Waals surface area contributed by atoms with E-state index in [-0.39, 0.29) is 36.5 Å². The summed E-state index contributed by atoms with van der Waals surface area (Å²) >= 11 is 0. The lowest BCUT2D eigenvalue weighted by Gasteiger charge is -2.27. The number of aromatic nitrogens is 1. The molecule has 1 fully saturated rings. The minimum absolute atomic E-state index is 0. The molecule has 1 atom stereocenters. The average molecular weight is 505 g/mol. The smallest absolute Gasteiger partial charge is 0.244 e. The first-order chi connectivity index (χ1) is 15.5. The Labute approximate surface area is 213 Å². The third-order valence-electron chi connectivity index (χ3n) is 5.79. The second-order valence-corrected chi connectivity index (χ2v) is 8.24. The number of carbonyl (C=O) groups is 1. The fourth-order valence-electron chi connectivity index (χ4n) is 3.93. The lowest BCUT2D eigenvalue weighted by molar-refractivity contribution is -0.120. The van der Waals surface area contributed by atoms with Crippen LogP contribution in [0.2, 0.25) is 0 Å². The maximum absolute atomic E-state index is 13.5. The lowest BCUT2D eigenvalue weighted by atomic mass is 10.0. The van der Waals surface area contributed by atoms with E-state index in [1.807, 2.05) is 48.7 Å². The van der Waals surface area contributed by atoms with Gasteiger partial charge in [-0.2, -0.15) is 0 Å². The Morgan fingerprint density at radius 3 is 2.26 bits per heavy atom. The number of hydrogen-bond donors (Lipinski definition) is 1. The van der Waals surface area contributed by atoms with Crippen molar-refractivity contribution in [3.8, 4) is 0 Å². The summed E-state index contributed by atoms with van der Waals surface area (Å²) in [6.45, 7) is 3.37. The van der Waals surface area contributed by atoms with E-state index in [2.05, 4.69) is 16.8 Å². The van der Waals surface area contributed by atoms with E-state index < -0.39 is 6.04 Å². The molecule has 2 aromatic carbocycles. The fraction of sp³-hybridized carbons (Fsp3) is 0.308. The molecule has 1 aromatic heterocycles. The highest BCUT2D eigenvalue weighted by Gasteiger charge is 2.29. The summed E-state index contributed by atoms with van der Waals surface area (Å²) in [6, 6.07) is 19.5. The van der Waals surface area contributed by atoms with E-state index in [0.29, 0.717) is 24.7 Å².